The van der Waals surface area contributed by atoms with Gasteiger partial charge in [0.25, 0.3) is 0 Å². The molecule has 2 N–H and O–H groups in total. The van der Waals surface area contributed by atoms with Crippen molar-refractivity contribution in [1.82, 2.24) is 15.5 Å². The summed E-state index contributed by atoms with van der Waals surface area (Å²) < 4.78 is 18.9. The first-order valence-electron chi connectivity index (χ1n) is 8.17. The van der Waals surface area contributed by atoms with E-state index >= 15 is 0 Å². The molecule has 6 heteroatoms. The van der Waals surface area contributed by atoms with Crippen LogP contribution in [0.1, 0.15) is 30.5 Å². The van der Waals surface area contributed by atoms with Crippen LogP contribution in [0.25, 0.3) is 0 Å². The zero-order valence-corrected chi connectivity index (χ0v) is 13.9. The second-order valence-corrected chi connectivity index (χ2v) is 5.94. The van der Waals surface area contributed by atoms with E-state index in [1.165, 1.54) is 6.07 Å². The number of aryl methyl sites for hydroxylation is 1. The van der Waals surface area contributed by atoms with Gasteiger partial charge < -0.3 is 15.4 Å². The van der Waals surface area contributed by atoms with Crippen LogP contribution in [0.3, 0.4) is 0 Å². The molecule has 0 aromatic heterocycles. The topological polar surface area (TPSA) is 53.6 Å². The second-order valence-electron chi connectivity index (χ2n) is 5.94. The quantitative estimate of drug-likeness (QED) is 0.789. The molecule has 2 amide bonds. The van der Waals surface area contributed by atoms with Crippen LogP contribution in [0.4, 0.5) is 9.18 Å². The molecule has 0 aliphatic carbocycles. The van der Waals surface area contributed by atoms with Gasteiger partial charge in [-0.25, -0.2) is 9.18 Å². The lowest BCUT2D eigenvalue weighted by Gasteiger charge is -2.26. The van der Waals surface area contributed by atoms with Crippen LogP contribution in [-0.4, -0.2) is 50.3 Å². The fourth-order valence-electron chi connectivity index (χ4n) is 2.54. The van der Waals surface area contributed by atoms with Crippen molar-refractivity contribution in [3.05, 3.63) is 35.1 Å². The Hall–Kier alpha value is -1.66. The molecule has 2 rings (SSSR count). The number of morpholine rings is 1. The summed E-state index contributed by atoms with van der Waals surface area (Å²) in [7, 11) is 0. The third-order valence-electron chi connectivity index (χ3n) is 4.08. The van der Waals surface area contributed by atoms with Gasteiger partial charge in [-0.1, -0.05) is 12.1 Å². The summed E-state index contributed by atoms with van der Waals surface area (Å²) in [5.74, 6) is -0.248. The van der Waals surface area contributed by atoms with Gasteiger partial charge in [-0.2, -0.15) is 0 Å². The molecule has 0 spiro atoms. The van der Waals surface area contributed by atoms with Crippen LogP contribution in [0.2, 0.25) is 0 Å². The van der Waals surface area contributed by atoms with Crippen LogP contribution >= 0.6 is 0 Å². The summed E-state index contributed by atoms with van der Waals surface area (Å²) >= 11 is 0. The van der Waals surface area contributed by atoms with E-state index in [4.69, 9.17) is 4.74 Å². The van der Waals surface area contributed by atoms with Crippen molar-refractivity contribution < 1.29 is 13.9 Å². The number of nitrogens with one attached hydrogen (secondary N) is 2. The first-order chi connectivity index (χ1) is 11.1. The third kappa shape index (κ3) is 5.80. The predicted molar refractivity (Wildman–Crippen MR) is 88.0 cm³/mol. The average Bonchev–Trinajstić information content (AvgIpc) is 2.55. The summed E-state index contributed by atoms with van der Waals surface area (Å²) in [5, 5.41) is 5.68. The highest BCUT2D eigenvalue weighted by Gasteiger charge is 2.12. The van der Waals surface area contributed by atoms with E-state index in [-0.39, 0.29) is 17.9 Å². The fraction of sp³-hybridized carbons (Fsp3) is 0.588. The maximum atomic E-state index is 13.6. The van der Waals surface area contributed by atoms with E-state index in [9.17, 15) is 9.18 Å². The van der Waals surface area contributed by atoms with E-state index < -0.39 is 0 Å². The molecule has 128 valence electrons. The van der Waals surface area contributed by atoms with E-state index in [1.807, 2.05) is 13.0 Å². The number of benzene rings is 1. The monoisotopic (exact) mass is 323 g/mol. The largest absolute Gasteiger partial charge is 0.379 e. The number of rotatable bonds is 6. The Balaban J connectivity index is 1.66. The Kier molecular flexibility index (Phi) is 6.80. The van der Waals surface area contributed by atoms with Crippen molar-refractivity contribution in [1.29, 1.82) is 0 Å². The lowest BCUT2D eigenvalue weighted by molar-refractivity contribution is 0.0375. The lowest BCUT2D eigenvalue weighted by atomic mass is 10.1. The van der Waals surface area contributed by atoms with Crippen molar-refractivity contribution in [3.63, 3.8) is 0 Å². The number of hydrogen-bond donors (Lipinski definition) is 2. The molecule has 1 aliphatic heterocycles. The summed E-state index contributed by atoms with van der Waals surface area (Å²) in [6, 6.07) is 4.58. The standard InChI is InChI=1S/C17H26FN3O2/c1-13-4-5-15(12-16(13)18)14(2)20-17(22)19-6-3-7-21-8-10-23-11-9-21/h4-5,12,14H,3,6-11H2,1-2H3,(H2,19,20,22)/t14-/m0/s1. The van der Waals surface area contributed by atoms with Gasteiger partial charge in [0.1, 0.15) is 5.82 Å². The van der Waals surface area contributed by atoms with Crippen molar-refractivity contribution in [2.45, 2.75) is 26.3 Å². The Bertz CT molecular complexity index is 519. The van der Waals surface area contributed by atoms with E-state index in [2.05, 4.69) is 15.5 Å². The molecule has 0 radical (unpaired) electrons. The Labute approximate surface area is 137 Å². The average molecular weight is 323 g/mol. The number of carbonyl (C=O) groups is 1. The van der Waals surface area contributed by atoms with E-state index in [1.54, 1.807) is 13.0 Å². The fourth-order valence-corrected chi connectivity index (χ4v) is 2.54. The van der Waals surface area contributed by atoms with Gasteiger partial charge in [-0.3, -0.25) is 4.90 Å². The number of urea groups is 1. The molecule has 1 fully saturated rings. The molecule has 0 unspecified atom stereocenters. The number of nitrogens with zero attached hydrogens (tertiary/aromatic N) is 1. The first-order valence-corrected chi connectivity index (χ1v) is 8.17. The minimum absolute atomic E-state index is 0.222. The smallest absolute Gasteiger partial charge is 0.315 e. The molecule has 1 aromatic rings. The SMILES string of the molecule is Cc1ccc([C@H](C)NC(=O)NCCCN2CCOCC2)cc1F. The molecular formula is C17H26FN3O2. The van der Waals surface area contributed by atoms with Gasteiger partial charge in [0.15, 0.2) is 0 Å². The van der Waals surface area contributed by atoms with Crippen molar-refractivity contribution in [2.24, 2.45) is 0 Å². The van der Waals surface area contributed by atoms with E-state index in [0.717, 1.165) is 44.8 Å². The van der Waals surface area contributed by atoms with Crippen LogP contribution in [0, 0.1) is 12.7 Å². The molecule has 1 atom stereocenters. The van der Waals surface area contributed by atoms with Gasteiger partial charge in [0.2, 0.25) is 0 Å². The van der Waals surface area contributed by atoms with E-state index in [0.29, 0.717) is 12.1 Å². The molecule has 5 nitrogen and oxygen atoms in total. The molecular weight excluding hydrogens is 297 g/mol. The number of halogens is 1. The van der Waals surface area contributed by atoms with Crippen LogP contribution < -0.4 is 10.6 Å². The number of carbonyl (C=O) groups excluding carboxylic acids is 1. The lowest BCUT2D eigenvalue weighted by Crippen LogP contribution is -2.40. The van der Waals surface area contributed by atoms with Gasteiger partial charge in [-0.05, 0) is 44.0 Å². The number of hydrogen-bond acceptors (Lipinski definition) is 3. The third-order valence-corrected chi connectivity index (χ3v) is 4.08. The predicted octanol–water partition coefficient (Wildman–Crippen LogP) is 2.22. The van der Waals surface area contributed by atoms with Crippen LogP contribution in [0.5, 0.6) is 0 Å². The molecule has 0 saturated carbocycles. The van der Waals surface area contributed by atoms with Gasteiger partial charge >= 0.3 is 6.03 Å². The normalized spacial score (nSPS) is 16.8. The van der Waals surface area contributed by atoms with Gasteiger partial charge in [-0.15, -0.1) is 0 Å². The van der Waals surface area contributed by atoms with Crippen LogP contribution in [0.15, 0.2) is 18.2 Å². The van der Waals surface area contributed by atoms with Crippen molar-refractivity contribution >= 4 is 6.03 Å². The summed E-state index contributed by atoms with van der Waals surface area (Å²) in [6.07, 6.45) is 0.904. The molecule has 1 saturated heterocycles. The second kappa shape index (κ2) is 8.84. The Morgan fingerprint density at radius 1 is 1.39 bits per heavy atom. The summed E-state index contributed by atoms with van der Waals surface area (Å²) in [5.41, 5.74) is 1.37. The Morgan fingerprint density at radius 2 is 2.13 bits per heavy atom. The minimum Gasteiger partial charge on any atom is -0.379 e. The molecule has 1 aromatic carbocycles. The highest BCUT2D eigenvalue weighted by molar-refractivity contribution is 5.74. The summed E-state index contributed by atoms with van der Waals surface area (Å²) in [4.78, 5) is 14.2. The minimum atomic E-state index is -0.248. The highest BCUT2D eigenvalue weighted by Crippen LogP contribution is 2.16. The maximum Gasteiger partial charge on any atom is 0.315 e. The molecule has 1 aliphatic rings. The highest BCUT2D eigenvalue weighted by atomic mass is 19.1. The maximum absolute atomic E-state index is 13.6. The van der Waals surface area contributed by atoms with Gasteiger partial charge in [0, 0.05) is 19.6 Å². The molecule has 1 heterocycles. The number of amides is 2. The Morgan fingerprint density at radius 3 is 2.83 bits per heavy atom. The van der Waals surface area contributed by atoms with Crippen molar-refractivity contribution in [3.8, 4) is 0 Å². The summed E-state index contributed by atoms with van der Waals surface area (Å²) in [6.45, 7) is 8.65. The zero-order valence-electron chi connectivity index (χ0n) is 13.9. The molecule has 0 bridgehead atoms. The van der Waals surface area contributed by atoms with Gasteiger partial charge in [0.05, 0.1) is 19.3 Å². The zero-order chi connectivity index (χ0) is 16.7. The first kappa shape index (κ1) is 17.7. The van der Waals surface area contributed by atoms with Crippen molar-refractivity contribution in [2.75, 3.05) is 39.4 Å². The number of ether oxygens (including phenoxy) is 1. The molecule has 23 heavy (non-hydrogen) atoms. The van der Waals surface area contributed by atoms with Crippen LogP contribution in [-0.2, 0) is 4.74 Å².